The number of ether oxygens (including phenoxy) is 1. The average Bonchev–Trinajstić information content (AvgIpc) is 2.58. The molecule has 0 aliphatic carbocycles. The number of anilines is 1. The largest absolute Gasteiger partial charge is 0.494 e. The van der Waals surface area contributed by atoms with Crippen molar-refractivity contribution in [3.8, 4) is 5.75 Å². The van der Waals surface area contributed by atoms with Crippen molar-refractivity contribution in [1.82, 2.24) is 0 Å². The van der Waals surface area contributed by atoms with Crippen LogP contribution in [-0.4, -0.2) is 24.2 Å². The lowest BCUT2D eigenvalue weighted by Crippen LogP contribution is -2.10. The zero-order valence-corrected chi connectivity index (χ0v) is 15.2. The number of aromatic carboxylic acids is 1. The van der Waals surface area contributed by atoms with E-state index in [4.69, 9.17) is 9.84 Å². The standard InChI is InChI=1S/C21H27NO3/c1-21(2,3)16-10-12-17(13-11-16)25-15-7-6-14-22-19-9-5-4-8-18(19)20(23)24/h4-5,8-13,22H,6-7,14-15H2,1-3H3,(H,23,24). The van der Waals surface area contributed by atoms with Gasteiger partial charge in [0.1, 0.15) is 5.75 Å². The highest BCUT2D eigenvalue weighted by Crippen LogP contribution is 2.24. The minimum atomic E-state index is -0.912. The molecule has 0 bridgehead atoms. The third-order valence-electron chi connectivity index (χ3n) is 4.03. The molecule has 0 aliphatic heterocycles. The van der Waals surface area contributed by atoms with Crippen molar-refractivity contribution in [2.45, 2.75) is 39.0 Å². The number of hydrogen-bond donors (Lipinski definition) is 2. The normalized spacial score (nSPS) is 11.2. The van der Waals surface area contributed by atoms with Crippen LogP contribution in [0.2, 0.25) is 0 Å². The molecule has 0 fully saturated rings. The molecule has 4 heteroatoms. The van der Waals surface area contributed by atoms with E-state index in [2.05, 4.69) is 38.2 Å². The number of para-hydroxylation sites is 1. The Balaban J connectivity index is 1.70. The molecule has 2 rings (SSSR count). The van der Waals surface area contributed by atoms with Gasteiger partial charge in [-0.25, -0.2) is 4.79 Å². The van der Waals surface area contributed by atoms with Crippen molar-refractivity contribution in [1.29, 1.82) is 0 Å². The molecule has 0 atom stereocenters. The molecule has 0 saturated carbocycles. The van der Waals surface area contributed by atoms with Gasteiger partial charge in [0.2, 0.25) is 0 Å². The van der Waals surface area contributed by atoms with Crippen molar-refractivity contribution in [3.05, 3.63) is 59.7 Å². The van der Waals surface area contributed by atoms with Gasteiger partial charge in [0, 0.05) is 12.2 Å². The Labute approximate surface area is 149 Å². The second-order valence-electron chi connectivity index (χ2n) is 7.11. The number of carboxylic acid groups (broad SMARTS) is 1. The molecule has 0 aliphatic rings. The van der Waals surface area contributed by atoms with Gasteiger partial charge >= 0.3 is 5.97 Å². The van der Waals surface area contributed by atoms with E-state index in [0.717, 1.165) is 25.1 Å². The summed E-state index contributed by atoms with van der Waals surface area (Å²) in [7, 11) is 0. The summed E-state index contributed by atoms with van der Waals surface area (Å²) in [6.07, 6.45) is 1.82. The maximum Gasteiger partial charge on any atom is 0.337 e. The van der Waals surface area contributed by atoms with Crippen molar-refractivity contribution >= 4 is 11.7 Å². The summed E-state index contributed by atoms with van der Waals surface area (Å²) in [5.41, 5.74) is 2.41. The summed E-state index contributed by atoms with van der Waals surface area (Å²) in [6.45, 7) is 7.95. The molecule has 25 heavy (non-hydrogen) atoms. The third kappa shape index (κ3) is 5.82. The van der Waals surface area contributed by atoms with Crippen LogP contribution < -0.4 is 10.1 Å². The van der Waals surface area contributed by atoms with E-state index in [9.17, 15) is 4.79 Å². The van der Waals surface area contributed by atoms with Gasteiger partial charge in [-0.2, -0.15) is 0 Å². The summed E-state index contributed by atoms with van der Waals surface area (Å²) in [5.74, 6) is -0.0256. The second kappa shape index (κ2) is 8.56. The van der Waals surface area contributed by atoms with Crippen LogP contribution in [0.4, 0.5) is 5.69 Å². The van der Waals surface area contributed by atoms with Crippen LogP contribution in [0, 0.1) is 0 Å². The number of nitrogens with one attached hydrogen (secondary N) is 1. The summed E-state index contributed by atoms with van der Waals surface area (Å²) < 4.78 is 5.77. The van der Waals surface area contributed by atoms with Crippen molar-refractivity contribution in [3.63, 3.8) is 0 Å². The Hall–Kier alpha value is -2.49. The van der Waals surface area contributed by atoms with Crippen LogP contribution in [0.1, 0.15) is 49.5 Å². The summed E-state index contributed by atoms with van der Waals surface area (Å²) in [5, 5.41) is 12.3. The van der Waals surface area contributed by atoms with Crippen LogP contribution in [0.15, 0.2) is 48.5 Å². The highest BCUT2D eigenvalue weighted by molar-refractivity contribution is 5.94. The maximum absolute atomic E-state index is 11.1. The molecule has 134 valence electrons. The first-order valence-electron chi connectivity index (χ1n) is 8.67. The number of hydrogen-bond acceptors (Lipinski definition) is 3. The third-order valence-corrected chi connectivity index (χ3v) is 4.03. The van der Waals surface area contributed by atoms with Gasteiger partial charge in [-0.05, 0) is 48.1 Å². The Morgan fingerprint density at radius 2 is 1.72 bits per heavy atom. The maximum atomic E-state index is 11.1. The van der Waals surface area contributed by atoms with Gasteiger partial charge in [0.25, 0.3) is 0 Å². The first-order chi connectivity index (χ1) is 11.9. The molecule has 0 unspecified atom stereocenters. The summed E-state index contributed by atoms with van der Waals surface area (Å²) >= 11 is 0. The van der Waals surface area contributed by atoms with Crippen LogP contribution in [0.3, 0.4) is 0 Å². The van der Waals surface area contributed by atoms with Gasteiger partial charge in [-0.3, -0.25) is 0 Å². The number of rotatable bonds is 8. The first kappa shape index (κ1) is 18.8. The van der Waals surface area contributed by atoms with Crippen LogP contribution in [0.5, 0.6) is 5.75 Å². The second-order valence-corrected chi connectivity index (χ2v) is 7.11. The number of carbonyl (C=O) groups is 1. The van der Waals surface area contributed by atoms with E-state index >= 15 is 0 Å². The minimum Gasteiger partial charge on any atom is -0.494 e. The SMILES string of the molecule is CC(C)(C)c1ccc(OCCCCNc2ccccc2C(=O)O)cc1. The van der Waals surface area contributed by atoms with E-state index in [0.29, 0.717) is 17.9 Å². The molecular formula is C21H27NO3. The quantitative estimate of drug-likeness (QED) is 0.667. The molecule has 0 aromatic heterocycles. The highest BCUT2D eigenvalue weighted by atomic mass is 16.5. The van der Waals surface area contributed by atoms with Gasteiger partial charge in [-0.1, -0.05) is 45.0 Å². The van der Waals surface area contributed by atoms with Gasteiger partial charge in [0.15, 0.2) is 0 Å². The fourth-order valence-corrected chi connectivity index (χ4v) is 2.52. The summed E-state index contributed by atoms with van der Waals surface area (Å²) in [6, 6.07) is 15.2. The van der Waals surface area contributed by atoms with Crippen LogP contribution >= 0.6 is 0 Å². The molecule has 0 heterocycles. The molecule has 2 N–H and O–H groups in total. The minimum absolute atomic E-state index is 0.149. The fraction of sp³-hybridized carbons (Fsp3) is 0.381. The molecule has 2 aromatic rings. The van der Waals surface area contributed by atoms with E-state index in [1.54, 1.807) is 18.2 Å². The Kier molecular flexibility index (Phi) is 6.45. The number of carboxylic acids is 1. The Morgan fingerprint density at radius 1 is 1.04 bits per heavy atom. The predicted octanol–water partition coefficient (Wildman–Crippen LogP) is 4.95. The van der Waals surface area contributed by atoms with Crippen molar-refractivity contribution in [2.75, 3.05) is 18.5 Å². The first-order valence-corrected chi connectivity index (χ1v) is 8.67. The highest BCUT2D eigenvalue weighted by Gasteiger charge is 2.12. The zero-order valence-electron chi connectivity index (χ0n) is 15.2. The van der Waals surface area contributed by atoms with E-state index < -0.39 is 5.97 Å². The number of unbranched alkanes of at least 4 members (excludes halogenated alkanes) is 1. The monoisotopic (exact) mass is 341 g/mol. The van der Waals surface area contributed by atoms with E-state index in [-0.39, 0.29) is 5.41 Å². The van der Waals surface area contributed by atoms with Gasteiger partial charge < -0.3 is 15.2 Å². The molecule has 4 nitrogen and oxygen atoms in total. The lowest BCUT2D eigenvalue weighted by atomic mass is 9.87. The molecule has 0 amide bonds. The van der Waals surface area contributed by atoms with E-state index in [1.807, 2.05) is 18.2 Å². The molecule has 0 radical (unpaired) electrons. The van der Waals surface area contributed by atoms with Crippen molar-refractivity contribution in [2.24, 2.45) is 0 Å². The lowest BCUT2D eigenvalue weighted by molar-refractivity contribution is 0.0698. The number of benzene rings is 2. The lowest BCUT2D eigenvalue weighted by Gasteiger charge is -2.19. The smallest absolute Gasteiger partial charge is 0.337 e. The Morgan fingerprint density at radius 3 is 2.36 bits per heavy atom. The molecule has 0 spiro atoms. The molecule has 2 aromatic carbocycles. The topological polar surface area (TPSA) is 58.6 Å². The molecule has 0 saturated heterocycles. The molecular weight excluding hydrogens is 314 g/mol. The van der Waals surface area contributed by atoms with Crippen LogP contribution in [0.25, 0.3) is 0 Å². The van der Waals surface area contributed by atoms with Gasteiger partial charge in [0.05, 0.1) is 12.2 Å². The predicted molar refractivity (Wildman–Crippen MR) is 102 cm³/mol. The van der Waals surface area contributed by atoms with E-state index in [1.165, 1.54) is 5.56 Å². The van der Waals surface area contributed by atoms with Crippen molar-refractivity contribution < 1.29 is 14.6 Å². The fourth-order valence-electron chi connectivity index (χ4n) is 2.52. The average molecular weight is 341 g/mol. The Bertz CT molecular complexity index is 687. The van der Waals surface area contributed by atoms with Gasteiger partial charge in [-0.15, -0.1) is 0 Å². The van der Waals surface area contributed by atoms with Crippen LogP contribution in [-0.2, 0) is 5.41 Å². The zero-order chi connectivity index (χ0) is 18.3. The summed E-state index contributed by atoms with van der Waals surface area (Å²) in [4.78, 5) is 11.1.